The monoisotopic (exact) mass is 388 g/mol. The molecule has 3 heteroatoms. The number of rotatable bonds is 5. The van der Waals surface area contributed by atoms with Crippen LogP contribution in [0.4, 0.5) is 0 Å². The Morgan fingerprint density at radius 2 is 1.82 bits per heavy atom. The molecular formula is C25H40O3. The second-order valence-corrected chi connectivity index (χ2v) is 10.9. The van der Waals surface area contributed by atoms with E-state index in [2.05, 4.69) is 13.8 Å². The van der Waals surface area contributed by atoms with Crippen LogP contribution >= 0.6 is 0 Å². The Morgan fingerprint density at radius 1 is 1.04 bits per heavy atom. The molecule has 4 aliphatic rings. The minimum atomic E-state index is -0.0241. The van der Waals surface area contributed by atoms with E-state index in [4.69, 9.17) is 4.74 Å². The van der Waals surface area contributed by atoms with E-state index in [0.29, 0.717) is 35.6 Å². The number of carbonyl (C=O) groups excluding carboxylic acids is 2. The maximum Gasteiger partial charge on any atom is 0.305 e. The second-order valence-electron chi connectivity index (χ2n) is 10.9. The van der Waals surface area contributed by atoms with E-state index in [1.165, 1.54) is 44.9 Å². The number of hydrogen-bond donors (Lipinski definition) is 0. The molecule has 0 heterocycles. The summed E-state index contributed by atoms with van der Waals surface area (Å²) < 4.78 is 5.12. The Kier molecular flexibility index (Phi) is 5.66. The summed E-state index contributed by atoms with van der Waals surface area (Å²) in [7, 11) is 0. The van der Waals surface area contributed by atoms with Crippen molar-refractivity contribution < 1.29 is 14.3 Å². The Labute approximate surface area is 171 Å². The molecule has 158 valence electrons. The first-order valence-corrected chi connectivity index (χ1v) is 12.1. The zero-order chi connectivity index (χ0) is 19.9. The third-order valence-electron chi connectivity index (χ3n) is 9.92. The molecule has 0 bridgehead atoms. The molecule has 7 atom stereocenters. The molecule has 3 nitrogen and oxygen atoms in total. The molecule has 0 spiro atoms. The molecule has 0 aromatic heterocycles. The van der Waals surface area contributed by atoms with Crippen molar-refractivity contribution >= 4 is 11.8 Å². The summed E-state index contributed by atoms with van der Waals surface area (Å²) in [5, 5.41) is 0. The lowest BCUT2D eigenvalue weighted by molar-refractivity contribution is -0.143. The van der Waals surface area contributed by atoms with E-state index in [1.807, 2.05) is 6.92 Å². The zero-order valence-electron chi connectivity index (χ0n) is 18.3. The topological polar surface area (TPSA) is 43.4 Å². The van der Waals surface area contributed by atoms with E-state index < -0.39 is 0 Å². The molecule has 4 rings (SSSR count). The average Bonchev–Trinajstić information content (AvgIpc) is 2.99. The van der Waals surface area contributed by atoms with Gasteiger partial charge in [-0.3, -0.25) is 9.59 Å². The molecule has 0 N–H and O–H groups in total. The van der Waals surface area contributed by atoms with Gasteiger partial charge in [0.05, 0.1) is 6.61 Å². The van der Waals surface area contributed by atoms with E-state index in [-0.39, 0.29) is 5.97 Å². The first-order valence-electron chi connectivity index (χ1n) is 12.1. The average molecular weight is 389 g/mol. The van der Waals surface area contributed by atoms with Crippen LogP contribution in [0.2, 0.25) is 0 Å². The third-order valence-corrected chi connectivity index (χ3v) is 9.92. The van der Waals surface area contributed by atoms with Gasteiger partial charge in [-0.15, -0.1) is 0 Å². The molecule has 4 saturated carbocycles. The predicted molar refractivity (Wildman–Crippen MR) is 111 cm³/mol. The quantitative estimate of drug-likeness (QED) is 0.547. The van der Waals surface area contributed by atoms with Gasteiger partial charge in [0.15, 0.2) is 0 Å². The fourth-order valence-electron chi connectivity index (χ4n) is 8.35. The van der Waals surface area contributed by atoms with Gasteiger partial charge in [0, 0.05) is 19.3 Å². The number of Topliss-reactive ketones (excluding diaryl/α,β-unsaturated/α-hetero) is 1. The van der Waals surface area contributed by atoms with Gasteiger partial charge in [0.1, 0.15) is 5.78 Å². The first-order chi connectivity index (χ1) is 13.4. The van der Waals surface area contributed by atoms with Crippen molar-refractivity contribution in [3.8, 4) is 0 Å². The first kappa shape index (κ1) is 20.4. The molecule has 0 saturated heterocycles. The van der Waals surface area contributed by atoms with Crippen LogP contribution in [0.1, 0.15) is 97.8 Å². The Hall–Kier alpha value is -0.860. The maximum absolute atomic E-state index is 12.1. The van der Waals surface area contributed by atoms with Crippen LogP contribution in [0.25, 0.3) is 0 Å². The van der Waals surface area contributed by atoms with Crippen LogP contribution in [0.5, 0.6) is 0 Å². The lowest BCUT2D eigenvalue weighted by Crippen LogP contribution is -2.53. The van der Waals surface area contributed by atoms with Crippen LogP contribution in [0.15, 0.2) is 0 Å². The van der Waals surface area contributed by atoms with Gasteiger partial charge >= 0.3 is 5.97 Å². The van der Waals surface area contributed by atoms with Gasteiger partial charge in [0.2, 0.25) is 0 Å². The van der Waals surface area contributed by atoms with E-state index in [0.717, 1.165) is 49.4 Å². The smallest absolute Gasteiger partial charge is 0.305 e. The lowest BCUT2D eigenvalue weighted by Gasteiger charge is -2.60. The zero-order valence-corrected chi connectivity index (χ0v) is 18.3. The Morgan fingerprint density at radius 3 is 2.61 bits per heavy atom. The summed E-state index contributed by atoms with van der Waals surface area (Å²) in [5.74, 6) is 4.52. The number of ketones is 1. The van der Waals surface area contributed by atoms with Gasteiger partial charge < -0.3 is 4.74 Å². The molecule has 28 heavy (non-hydrogen) atoms. The largest absolute Gasteiger partial charge is 0.466 e. The van der Waals surface area contributed by atoms with Gasteiger partial charge in [-0.25, -0.2) is 0 Å². The second kappa shape index (κ2) is 7.76. The van der Waals surface area contributed by atoms with E-state index in [9.17, 15) is 9.59 Å². The van der Waals surface area contributed by atoms with Crippen molar-refractivity contribution in [2.75, 3.05) is 6.61 Å². The summed E-state index contributed by atoms with van der Waals surface area (Å²) in [6.45, 7) is 7.50. The van der Waals surface area contributed by atoms with Crippen molar-refractivity contribution in [2.24, 2.45) is 40.4 Å². The maximum atomic E-state index is 12.1. The third kappa shape index (κ3) is 3.35. The summed E-state index contributed by atoms with van der Waals surface area (Å²) in [5.41, 5.74) is 0.893. The molecule has 4 unspecified atom stereocenters. The standard InChI is InChI=1S/C25H40O3/c1-4-28-23(27)7-5-6-17-9-11-21-20-10-8-18-16-19(26)12-14-25(18,3)22(20)13-15-24(17,21)2/h17-18,20-22H,4-16H2,1-3H3/t17-,18+,20?,21?,22?,24+,25?/m0/s1. The van der Waals surface area contributed by atoms with Crippen LogP contribution < -0.4 is 0 Å². The van der Waals surface area contributed by atoms with Crippen LogP contribution in [-0.4, -0.2) is 18.4 Å². The van der Waals surface area contributed by atoms with Gasteiger partial charge in [-0.1, -0.05) is 13.8 Å². The summed E-state index contributed by atoms with van der Waals surface area (Å²) in [4.78, 5) is 23.8. The predicted octanol–water partition coefficient (Wildman–Crippen LogP) is 5.95. The highest BCUT2D eigenvalue weighted by Gasteiger charge is 2.59. The highest BCUT2D eigenvalue weighted by molar-refractivity contribution is 5.79. The Balaban J connectivity index is 1.42. The van der Waals surface area contributed by atoms with Crippen molar-refractivity contribution in [1.82, 2.24) is 0 Å². The summed E-state index contributed by atoms with van der Waals surface area (Å²) in [6.07, 6.45) is 13.7. The summed E-state index contributed by atoms with van der Waals surface area (Å²) >= 11 is 0. The molecule has 0 radical (unpaired) electrons. The summed E-state index contributed by atoms with van der Waals surface area (Å²) in [6, 6.07) is 0. The Bertz CT molecular complexity index is 613. The normalized spacial score (nSPS) is 45.1. The minimum Gasteiger partial charge on any atom is -0.466 e. The number of fused-ring (bicyclic) bond motifs is 5. The lowest BCUT2D eigenvalue weighted by atomic mass is 9.44. The SMILES string of the molecule is CCOC(=O)CCC[C@H]1CCC2C3CC[C@@H]4CC(=O)CCC4(C)C3CC[C@@]21C. The minimum absolute atomic E-state index is 0.0241. The van der Waals surface area contributed by atoms with Crippen molar-refractivity contribution in [2.45, 2.75) is 97.8 Å². The van der Waals surface area contributed by atoms with Crippen LogP contribution in [0, 0.1) is 40.4 Å². The molecule has 0 aliphatic heterocycles. The molecule has 4 fully saturated rings. The molecule has 0 amide bonds. The number of ether oxygens (including phenoxy) is 1. The van der Waals surface area contributed by atoms with Gasteiger partial charge in [0.25, 0.3) is 0 Å². The highest BCUT2D eigenvalue weighted by atomic mass is 16.5. The number of esters is 1. The van der Waals surface area contributed by atoms with E-state index in [1.54, 1.807) is 0 Å². The highest BCUT2D eigenvalue weighted by Crippen LogP contribution is 2.67. The number of hydrogen-bond acceptors (Lipinski definition) is 3. The number of carbonyl (C=O) groups is 2. The fourth-order valence-corrected chi connectivity index (χ4v) is 8.35. The van der Waals surface area contributed by atoms with Gasteiger partial charge in [-0.2, -0.15) is 0 Å². The molecule has 0 aromatic carbocycles. The van der Waals surface area contributed by atoms with Crippen LogP contribution in [0.3, 0.4) is 0 Å². The molecular weight excluding hydrogens is 348 g/mol. The van der Waals surface area contributed by atoms with Crippen LogP contribution in [-0.2, 0) is 14.3 Å². The van der Waals surface area contributed by atoms with Crippen molar-refractivity contribution in [3.63, 3.8) is 0 Å². The fraction of sp³-hybridized carbons (Fsp3) is 0.920. The molecule has 0 aromatic rings. The van der Waals surface area contributed by atoms with Crippen molar-refractivity contribution in [3.05, 3.63) is 0 Å². The van der Waals surface area contributed by atoms with E-state index >= 15 is 0 Å². The van der Waals surface area contributed by atoms with Crippen molar-refractivity contribution in [1.29, 1.82) is 0 Å². The molecule has 4 aliphatic carbocycles. The van der Waals surface area contributed by atoms with Gasteiger partial charge in [-0.05, 0) is 105 Å².